The van der Waals surface area contributed by atoms with E-state index in [2.05, 4.69) is 20.6 Å². The van der Waals surface area contributed by atoms with E-state index in [0.29, 0.717) is 33.1 Å². The average Bonchev–Trinajstić information content (AvgIpc) is 2.37. The van der Waals surface area contributed by atoms with E-state index in [1.165, 1.54) is 6.33 Å². The first-order valence-electron chi connectivity index (χ1n) is 5.12. The minimum absolute atomic E-state index is 0.413. The van der Waals surface area contributed by atoms with Crippen LogP contribution in [0.5, 0.6) is 0 Å². The number of anilines is 4. The van der Waals surface area contributed by atoms with Crippen molar-refractivity contribution < 1.29 is 0 Å². The highest BCUT2D eigenvalue weighted by Gasteiger charge is 2.10. The molecule has 0 atom stereocenters. The second-order valence-electron chi connectivity index (χ2n) is 3.46. The molecular weight excluding hydrogens is 273 g/mol. The molecule has 0 saturated heterocycles. The smallest absolute Gasteiger partial charge is 0.159 e. The van der Waals surface area contributed by atoms with Gasteiger partial charge in [0.1, 0.15) is 12.0 Å². The van der Waals surface area contributed by atoms with Crippen LogP contribution in [-0.4, -0.2) is 17.0 Å². The number of nitrogens with two attached hydrogens (primary N) is 1. The second-order valence-corrected chi connectivity index (χ2v) is 4.25. The zero-order chi connectivity index (χ0) is 13.1. The van der Waals surface area contributed by atoms with Crippen LogP contribution in [0, 0.1) is 0 Å². The number of benzene rings is 1. The number of nitrogens with one attached hydrogen (secondary N) is 2. The second kappa shape index (κ2) is 5.29. The summed E-state index contributed by atoms with van der Waals surface area (Å²) >= 11 is 12.0. The summed E-state index contributed by atoms with van der Waals surface area (Å²) in [5.74, 6) is 1.02. The Kier molecular flexibility index (Phi) is 3.74. The number of halogens is 2. The minimum atomic E-state index is 0.413. The molecule has 1 aromatic heterocycles. The molecule has 0 saturated carbocycles. The number of nitrogen functional groups attached to an aromatic ring is 1. The number of rotatable bonds is 3. The monoisotopic (exact) mass is 283 g/mol. The lowest BCUT2D eigenvalue weighted by Crippen LogP contribution is -2.05. The Morgan fingerprint density at radius 2 is 1.89 bits per heavy atom. The van der Waals surface area contributed by atoms with Crippen LogP contribution in [0.2, 0.25) is 10.0 Å². The SMILES string of the molecule is CNc1ncnc(Nc2cccc(Cl)c2Cl)c1N. The molecule has 5 nitrogen and oxygen atoms in total. The van der Waals surface area contributed by atoms with Crippen LogP contribution in [0.3, 0.4) is 0 Å². The van der Waals surface area contributed by atoms with Gasteiger partial charge in [-0.05, 0) is 12.1 Å². The van der Waals surface area contributed by atoms with Crippen LogP contribution in [0.4, 0.5) is 23.0 Å². The van der Waals surface area contributed by atoms with Crippen molar-refractivity contribution in [2.75, 3.05) is 23.4 Å². The van der Waals surface area contributed by atoms with E-state index >= 15 is 0 Å². The number of hydrogen-bond donors (Lipinski definition) is 3. The van der Waals surface area contributed by atoms with Gasteiger partial charge in [-0.1, -0.05) is 29.3 Å². The Morgan fingerprint density at radius 3 is 2.61 bits per heavy atom. The van der Waals surface area contributed by atoms with Gasteiger partial charge in [-0.3, -0.25) is 0 Å². The Hall–Kier alpha value is -1.72. The van der Waals surface area contributed by atoms with Gasteiger partial charge in [0, 0.05) is 7.05 Å². The molecule has 7 heteroatoms. The van der Waals surface area contributed by atoms with Crippen molar-refractivity contribution >= 4 is 46.2 Å². The Bertz CT molecular complexity index is 573. The van der Waals surface area contributed by atoms with Crippen LogP contribution >= 0.6 is 23.2 Å². The van der Waals surface area contributed by atoms with Crippen molar-refractivity contribution in [1.82, 2.24) is 9.97 Å². The molecule has 0 fully saturated rings. The number of nitrogens with zero attached hydrogens (tertiary/aromatic N) is 2. The molecule has 0 aliphatic carbocycles. The van der Waals surface area contributed by atoms with E-state index < -0.39 is 0 Å². The average molecular weight is 284 g/mol. The van der Waals surface area contributed by atoms with Crippen LogP contribution in [-0.2, 0) is 0 Å². The summed E-state index contributed by atoms with van der Waals surface area (Å²) in [5.41, 5.74) is 6.95. The molecule has 4 N–H and O–H groups in total. The van der Waals surface area contributed by atoms with E-state index in [-0.39, 0.29) is 0 Å². The highest BCUT2D eigenvalue weighted by molar-refractivity contribution is 6.43. The van der Waals surface area contributed by atoms with Gasteiger partial charge >= 0.3 is 0 Å². The number of aromatic nitrogens is 2. The molecule has 94 valence electrons. The van der Waals surface area contributed by atoms with Crippen LogP contribution in [0.25, 0.3) is 0 Å². The van der Waals surface area contributed by atoms with Crippen LogP contribution in [0.1, 0.15) is 0 Å². The summed E-state index contributed by atoms with van der Waals surface area (Å²) in [5, 5.41) is 6.78. The third-order valence-corrected chi connectivity index (χ3v) is 3.14. The molecule has 2 rings (SSSR count). The Labute approximate surface area is 114 Å². The fourth-order valence-corrected chi connectivity index (χ4v) is 1.77. The van der Waals surface area contributed by atoms with Crippen molar-refractivity contribution in [2.45, 2.75) is 0 Å². The molecule has 1 heterocycles. The third-order valence-electron chi connectivity index (χ3n) is 2.33. The summed E-state index contributed by atoms with van der Waals surface area (Å²) in [7, 11) is 1.73. The molecule has 0 aliphatic heterocycles. The van der Waals surface area contributed by atoms with E-state index in [1.807, 2.05) is 0 Å². The van der Waals surface area contributed by atoms with E-state index in [9.17, 15) is 0 Å². The third kappa shape index (κ3) is 2.42. The molecule has 0 amide bonds. The fourth-order valence-electron chi connectivity index (χ4n) is 1.42. The summed E-state index contributed by atoms with van der Waals surface area (Å²) in [6, 6.07) is 5.28. The van der Waals surface area contributed by atoms with Crippen LogP contribution < -0.4 is 16.4 Å². The first kappa shape index (κ1) is 12.7. The molecule has 1 aromatic carbocycles. The van der Waals surface area contributed by atoms with Gasteiger partial charge in [0.15, 0.2) is 11.6 Å². The standard InChI is InChI=1S/C11H11Cl2N5/c1-15-10-9(14)11(17-5-16-10)18-7-4-2-3-6(12)8(7)13/h2-5H,14H2,1H3,(H2,15,16,17,18). The summed E-state index contributed by atoms with van der Waals surface area (Å²) in [6.45, 7) is 0. The molecule has 2 aromatic rings. The van der Waals surface area contributed by atoms with Crippen LogP contribution in [0.15, 0.2) is 24.5 Å². The molecule has 0 unspecified atom stereocenters. The summed E-state index contributed by atoms with van der Waals surface area (Å²) < 4.78 is 0. The van der Waals surface area contributed by atoms with Gasteiger partial charge in [-0.2, -0.15) is 0 Å². The molecule has 0 bridgehead atoms. The zero-order valence-corrected chi connectivity index (χ0v) is 11.0. The lowest BCUT2D eigenvalue weighted by atomic mass is 10.3. The van der Waals surface area contributed by atoms with Gasteiger partial charge in [0.25, 0.3) is 0 Å². The molecule has 0 spiro atoms. The highest BCUT2D eigenvalue weighted by atomic mass is 35.5. The zero-order valence-electron chi connectivity index (χ0n) is 9.54. The van der Waals surface area contributed by atoms with Crippen molar-refractivity contribution in [2.24, 2.45) is 0 Å². The Morgan fingerprint density at radius 1 is 1.17 bits per heavy atom. The van der Waals surface area contributed by atoms with Gasteiger partial charge in [-0.15, -0.1) is 0 Å². The van der Waals surface area contributed by atoms with Crippen molar-refractivity contribution in [3.8, 4) is 0 Å². The Balaban J connectivity index is 2.37. The predicted octanol–water partition coefficient (Wildman–Crippen LogP) is 3.15. The molecule has 0 radical (unpaired) electrons. The normalized spacial score (nSPS) is 10.2. The van der Waals surface area contributed by atoms with Gasteiger partial charge < -0.3 is 16.4 Å². The lowest BCUT2D eigenvalue weighted by molar-refractivity contribution is 1.16. The van der Waals surface area contributed by atoms with E-state index in [0.717, 1.165) is 0 Å². The maximum Gasteiger partial charge on any atom is 0.159 e. The number of hydrogen-bond acceptors (Lipinski definition) is 5. The van der Waals surface area contributed by atoms with Gasteiger partial charge in [0.05, 0.1) is 15.7 Å². The summed E-state index contributed by atoms with van der Waals surface area (Å²) in [6.07, 6.45) is 1.41. The topological polar surface area (TPSA) is 75.9 Å². The lowest BCUT2D eigenvalue weighted by Gasteiger charge is -2.12. The van der Waals surface area contributed by atoms with Crippen molar-refractivity contribution in [1.29, 1.82) is 0 Å². The maximum absolute atomic E-state index is 6.07. The first-order valence-corrected chi connectivity index (χ1v) is 5.88. The minimum Gasteiger partial charge on any atom is -0.393 e. The van der Waals surface area contributed by atoms with Crippen molar-refractivity contribution in [3.63, 3.8) is 0 Å². The molecular formula is C11H11Cl2N5. The van der Waals surface area contributed by atoms with E-state index in [1.54, 1.807) is 25.2 Å². The summed E-state index contributed by atoms with van der Waals surface area (Å²) in [4.78, 5) is 8.06. The maximum atomic E-state index is 6.07. The largest absolute Gasteiger partial charge is 0.393 e. The highest BCUT2D eigenvalue weighted by Crippen LogP contribution is 2.33. The molecule has 0 aliphatic rings. The molecule has 18 heavy (non-hydrogen) atoms. The van der Waals surface area contributed by atoms with Gasteiger partial charge in [-0.25, -0.2) is 9.97 Å². The fraction of sp³-hybridized carbons (Fsp3) is 0.0909. The van der Waals surface area contributed by atoms with Gasteiger partial charge in [0.2, 0.25) is 0 Å². The first-order chi connectivity index (χ1) is 8.63. The predicted molar refractivity (Wildman–Crippen MR) is 75.7 cm³/mol. The quantitative estimate of drug-likeness (QED) is 0.807. The van der Waals surface area contributed by atoms with Crippen molar-refractivity contribution in [3.05, 3.63) is 34.6 Å². The van der Waals surface area contributed by atoms with E-state index in [4.69, 9.17) is 28.9 Å².